The maximum atomic E-state index is 6.07. The zero-order valence-corrected chi connectivity index (χ0v) is 8.96. The van der Waals surface area contributed by atoms with Crippen molar-refractivity contribution in [2.24, 2.45) is 5.73 Å². The van der Waals surface area contributed by atoms with Gasteiger partial charge in [0.25, 0.3) is 0 Å². The summed E-state index contributed by atoms with van der Waals surface area (Å²) in [4.78, 5) is 0. The molecule has 1 aliphatic rings. The van der Waals surface area contributed by atoms with Gasteiger partial charge in [-0.15, -0.1) is 12.4 Å². The van der Waals surface area contributed by atoms with Crippen molar-refractivity contribution < 1.29 is 0 Å². The Morgan fingerprint density at radius 1 is 1.21 bits per heavy atom. The van der Waals surface area contributed by atoms with Crippen LogP contribution in [0.15, 0.2) is 30.3 Å². The molecule has 1 aromatic rings. The van der Waals surface area contributed by atoms with E-state index in [4.69, 9.17) is 5.73 Å². The molecule has 1 saturated heterocycles. The fraction of sp³-hybridized carbons (Fsp3) is 0.455. The molecule has 0 aliphatic carbocycles. The first-order valence-corrected chi connectivity index (χ1v) is 4.89. The lowest BCUT2D eigenvalue weighted by molar-refractivity contribution is 0.403. The van der Waals surface area contributed by atoms with E-state index in [0.717, 1.165) is 19.5 Å². The molecule has 78 valence electrons. The fourth-order valence-electron chi connectivity index (χ4n) is 1.94. The second-order valence-electron chi connectivity index (χ2n) is 3.67. The van der Waals surface area contributed by atoms with E-state index in [9.17, 15) is 0 Å². The third-order valence-electron chi connectivity index (χ3n) is 2.76. The molecule has 0 bridgehead atoms. The van der Waals surface area contributed by atoms with Gasteiger partial charge in [-0.2, -0.15) is 0 Å². The smallest absolute Gasteiger partial charge is 0.0132 e. The lowest BCUT2D eigenvalue weighted by Gasteiger charge is -2.29. The van der Waals surface area contributed by atoms with Crippen LogP contribution in [0.3, 0.4) is 0 Å². The third kappa shape index (κ3) is 2.47. The normalized spacial score (nSPS) is 26.6. The Kier molecular flexibility index (Phi) is 4.39. The fourth-order valence-corrected chi connectivity index (χ4v) is 1.94. The molecule has 1 aliphatic heterocycles. The largest absolute Gasteiger partial charge is 0.327 e. The lowest BCUT2D eigenvalue weighted by Crippen LogP contribution is -2.43. The molecule has 0 aromatic heterocycles. The molecule has 0 amide bonds. The summed E-state index contributed by atoms with van der Waals surface area (Å²) < 4.78 is 0. The minimum atomic E-state index is 0. The second kappa shape index (κ2) is 5.35. The summed E-state index contributed by atoms with van der Waals surface area (Å²) in [5.74, 6) is 0.495. The highest BCUT2D eigenvalue weighted by Crippen LogP contribution is 2.21. The number of piperidine rings is 1. The first-order valence-electron chi connectivity index (χ1n) is 4.89. The zero-order chi connectivity index (χ0) is 9.10. The first kappa shape index (κ1) is 11.5. The zero-order valence-electron chi connectivity index (χ0n) is 8.15. The number of hydrogen-bond donors (Lipinski definition) is 2. The summed E-state index contributed by atoms with van der Waals surface area (Å²) >= 11 is 0. The standard InChI is InChI=1S/C11H16N2.ClH/c12-11-6-7-13-8-10(11)9-4-2-1-3-5-9;/h1-5,10-11,13H,6-8,12H2;1H. The third-order valence-corrected chi connectivity index (χ3v) is 2.76. The molecule has 0 radical (unpaired) electrons. The summed E-state index contributed by atoms with van der Waals surface area (Å²) in [6, 6.07) is 10.9. The van der Waals surface area contributed by atoms with Gasteiger partial charge in [0.15, 0.2) is 0 Å². The van der Waals surface area contributed by atoms with Gasteiger partial charge in [0.2, 0.25) is 0 Å². The van der Waals surface area contributed by atoms with E-state index < -0.39 is 0 Å². The van der Waals surface area contributed by atoms with Crippen LogP contribution in [0.1, 0.15) is 17.9 Å². The average Bonchev–Trinajstić information content (AvgIpc) is 2.20. The number of nitrogens with one attached hydrogen (secondary N) is 1. The van der Waals surface area contributed by atoms with Crippen molar-refractivity contribution in [3.8, 4) is 0 Å². The molecule has 2 nitrogen and oxygen atoms in total. The van der Waals surface area contributed by atoms with Crippen molar-refractivity contribution in [3.63, 3.8) is 0 Å². The molecule has 0 spiro atoms. The Labute approximate surface area is 91.3 Å². The van der Waals surface area contributed by atoms with Crippen LogP contribution in [0.25, 0.3) is 0 Å². The van der Waals surface area contributed by atoms with Gasteiger partial charge in [-0.05, 0) is 18.5 Å². The molecule has 2 atom stereocenters. The van der Waals surface area contributed by atoms with Crippen LogP contribution in [-0.4, -0.2) is 19.1 Å². The van der Waals surface area contributed by atoms with E-state index in [2.05, 4.69) is 29.6 Å². The Morgan fingerprint density at radius 2 is 1.93 bits per heavy atom. The van der Waals surface area contributed by atoms with Crippen molar-refractivity contribution in [1.82, 2.24) is 5.32 Å². The maximum Gasteiger partial charge on any atom is 0.0132 e. The lowest BCUT2D eigenvalue weighted by atomic mass is 9.88. The molecule has 3 N–H and O–H groups in total. The van der Waals surface area contributed by atoms with Crippen LogP contribution in [0.4, 0.5) is 0 Å². The van der Waals surface area contributed by atoms with Crippen molar-refractivity contribution in [1.29, 1.82) is 0 Å². The molecule has 1 fully saturated rings. The van der Waals surface area contributed by atoms with E-state index in [-0.39, 0.29) is 12.4 Å². The summed E-state index contributed by atoms with van der Waals surface area (Å²) in [5, 5.41) is 3.38. The van der Waals surface area contributed by atoms with Crippen LogP contribution in [0.2, 0.25) is 0 Å². The SMILES string of the molecule is Cl.NC1CCNCC1c1ccccc1. The van der Waals surface area contributed by atoms with E-state index in [1.54, 1.807) is 0 Å². The number of rotatable bonds is 1. The molecule has 3 heteroatoms. The Hall–Kier alpha value is -0.570. The highest BCUT2D eigenvalue weighted by atomic mass is 35.5. The highest BCUT2D eigenvalue weighted by molar-refractivity contribution is 5.85. The average molecular weight is 213 g/mol. The predicted octanol–water partition coefficient (Wildman–Crippen LogP) is 1.51. The molecular formula is C11H17ClN2. The number of benzene rings is 1. The molecule has 14 heavy (non-hydrogen) atoms. The molecule has 0 saturated carbocycles. The molecular weight excluding hydrogens is 196 g/mol. The van der Waals surface area contributed by atoms with Crippen LogP contribution in [-0.2, 0) is 0 Å². The van der Waals surface area contributed by atoms with Gasteiger partial charge in [0, 0.05) is 18.5 Å². The van der Waals surface area contributed by atoms with E-state index in [1.807, 2.05) is 6.07 Å². The van der Waals surface area contributed by atoms with Gasteiger partial charge in [0.05, 0.1) is 0 Å². The second-order valence-corrected chi connectivity index (χ2v) is 3.67. The number of halogens is 1. The molecule has 1 heterocycles. The number of nitrogens with two attached hydrogens (primary N) is 1. The predicted molar refractivity (Wildman–Crippen MR) is 61.9 cm³/mol. The van der Waals surface area contributed by atoms with Gasteiger partial charge in [-0.25, -0.2) is 0 Å². The Balaban J connectivity index is 0.000000980. The topological polar surface area (TPSA) is 38.0 Å². The number of hydrogen-bond acceptors (Lipinski definition) is 2. The van der Waals surface area contributed by atoms with E-state index >= 15 is 0 Å². The molecule has 2 unspecified atom stereocenters. The molecule has 1 aromatic carbocycles. The summed E-state index contributed by atoms with van der Waals surface area (Å²) in [7, 11) is 0. The van der Waals surface area contributed by atoms with Gasteiger partial charge in [-0.1, -0.05) is 30.3 Å². The monoisotopic (exact) mass is 212 g/mol. The highest BCUT2D eigenvalue weighted by Gasteiger charge is 2.22. The van der Waals surface area contributed by atoms with E-state index in [0.29, 0.717) is 12.0 Å². The van der Waals surface area contributed by atoms with Crippen molar-refractivity contribution in [2.75, 3.05) is 13.1 Å². The van der Waals surface area contributed by atoms with Gasteiger partial charge in [0.1, 0.15) is 0 Å². The maximum absolute atomic E-state index is 6.07. The minimum absolute atomic E-state index is 0. The van der Waals surface area contributed by atoms with Crippen LogP contribution in [0.5, 0.6) is 0 Å². The summed E-state index contributed by atoms with van der Waals surface area (Å²) in [6.45, 7) is 2.08. The van der Waals surface area contributed by atoms with Crippen LogP contribution >= 0.6 is 12.4 Å². The summed E-state index contributed by atoms with van der Waals surface area (Å²) in [6.07, 6.45) is 1.08. The summed E-state index contributed by atoms with van der Waals surface area (Å²) in [5.41, 5.74) is 7.43. The van der Waals surface area contributed by atoms with Crippen LogP contribution < -0.4 is 11.1 Å². The molecule has 2 rings (SSSR count). The van der Waals surface area contributed by atoms with E-state index in [1.165, 1.54) is 5.56 Å². The first-order chi connectivity index (χ1) is 6.38. The van der Waals surface area contributed by atoms with Crippen LogP contribution in [0, 0.1) is 0 Å². The van der Waals surface area contributed by atoms with Crippen molar-refractivity contribution >= 4 is 12.4 Å². The van der Waals surface area contributed by atoms with Crippen molar-refractivity contribution in [2.45, 2.75) is 18.4 Å². The van der Waals surface area contributed by atoms with Gasteiger partial charge < -0.3 is 11.1 Å². The van der Waals surface area contributed by atoms with Gasteiger partial charge in [-0.3, -0.25) is 0 Å². The Morgan fingerprint density at radius 3 is 2.57 bits per heavy atom. The quantitative estimate of drug-likeness (QED) is 0.741. The minimum Gasteiger partial charge on any atom is -0.327 e. The van der Waals surface area contributed by atoms with Gasteiger partial charge >= 0.3 is 0 Å². The van der Waals surface area contributed by atoms with Crippen molar-refractivity contribution in [3.05, 3.63) is 35.9 Å². The Bertz CT molecular complexity index is 263.